The van der Waals surface area contributed by atoms with Crippen LogP contribution in [0.15, 0.2) is 24.8 Å². The number of pyridine rings is 1. The molecule has 0 unspecified atom stereocenters. The molecule has 1 amide bonds. The summed E-state index contributed by atoms with van der Waals surface area (Å²) in [6.07, 6.45) is 4.65. The molecule has 0 atom stereocenters. The monoisotopic (exact) mass is 373 g/mol. The lowest BCUT2D eigenvalue weighted by atomic mass is 10.2. The van der Waals surface area contributed by atoms with Gasteiger partial charge < -0.3 is 19.4 Å². The third-order valence-electron chi connectivity index (χ3n) is 4.21. The van der Waals surface area contributed by atoms with Crippen LogP contribution in [0.2, 0.25) is 0 Å². The van der Waals surface area contributed by atoms with Crippen LogP contribution >= 0.6 is 0 Å². The van der Waals surface area contributed by atoms with Gasteiger partial charge in [-0.25, -0.2) is 19.3 Å². The van der Waals surface area contributed by atoms with Gasteiger partial charge in [0.25, 0.3) is 5.91 Å². The lowest BCUT2D eigenvalue weighted by molar-refractivity contribution is 0.0952. The first-order chi connectivity index (χ1) is 13.1. The number of halogens is 1. The molecular formula is C18H20FN5O3. The summed E-state index contributed by atoms with van der Waals surface area (Å²) in [5.74, 6) is 0.675. The molecule has 0 aliphatic carbocycles. The number of methoxy groups -OCH3 is 2. The molecule has 3 heterocycles. The van der Waals surface area contributed by atoms with Crippen LogP contribution in [0.4, 0.5) is 4.39 Å². The van der Waals surface area contributed by atoms with Gasteiger partial charge in [0.15, 0.2) is 0 Å². The van der Waals surface area contributed by atoms with Gasteiger partial charge in [0.05, 0.1) is 43.7 Å². The highest BCUT2D eigenvalue weighted by Crippen LogP contribution is 2.25. The summed E-state index contributed by atoms with van der Waals surface area (Å²) in [4.78, 5) is 25.1. The highest BCUT2D eigenvalue weighted by molar-refractivity contribution is 6.05. The molecule has 8 nitrogen and oxygen atoms in total. The highest BCUT2D eigenvalue weighted by atomic mass is 19.1. The maximum absolute atomic E-state index is 12.4. The number of alkyl halides is 1. The Morgan fingerprint density at radius 2 is 2.07 bits per heavy atom. The largest absolute Gasteiger partial charge is 0.495 e. The molecule has 3 aromatic rings. The SMILES string of the molecule is COc1cnc2c(C(=O)NCCF)cn(Cc3ncnc(OC)c3C)c2c1. The van der Waals surface area contributed by atoms with E-state index in [9.17, 15) is 9.18 Å². The highest BCUT2D eigenvalue weighted by Gasteiger charge is 2.18. The molecule has 27 heavy (non-hydrogen) atoms. The van der Waals surface area contributed by atoms with Crippen molar-refractivity contribution in [3.05, 3.63) is 41.6 Å². The van der Waals surface area contributed by atoms with Gasteiger partial charge in [-0.2, -0.15) is 0 Å². The predicted octanol–water partition coefficient (Wildman–Crippen LogP) is 1.90. The Hall–Kier alpha value is -3.23. The molecule has 0 spiro atoms. The Kier molecular flexibility index (Phi) is 5.49. The number of hydrogen-bond acceptors (Lipinski definition) is 6. The zero-order valence-corrected chi connectivity index (χ0v) is 15.3. The third kappa shape index (κ3) is 3.67. The molecule has 1 N–H and O–H groups in total. The van der Waals surface area contributed by atoms with Gasteiger partial charge in [-0.3, -0.25) is 4.79 Å². The molecule has 0 radical (unpaired) electrons. The van der Waals surface area contributed by atoms with Crippen LogP contribution < -0.4 is 14.8 Å². The molecule has 0 saturated heterocycles. The summed E-state index contributed by atoms with van der Waals surface area (Å²) in [6, 6.07) is 1.79. The number of nitrogens with zero attached hydrogens (tertiary/aromatic N) is 4. The van der Waals surface area contributed by atoms with Crippen LogP contribution in [-0.4, -0.2) is 52.9 Å². The van der Waals surface area contributed by atoms with Gasteiger partial charge in [-0.1, -0.05) is 0 Å². The van der Waals surface area contributed by atoms with Crippen molar-refractivity contribution in [1.29, 1.82) is 0 Å². The number of ether oxygens (including phenoxy) is 2. The first kappa shape index (κ1) is 18.6. The number of amides is 1. The van der Waals surface area contributed by atoms with Crippen molar-refractivity contribution in [2.45, 2.75) is 13.5 Å². The Balaban J connectivity index is 2.07. The number of carbonyl (C=O) groups is 1. The van der Waals surface area contributed by atoms with Crippen LogP contribution in [0.5, 0.6) is 11.6 Å². The summed E-state index contributed by atoms with van der Waals surface area (Å²) < 4.78 is 24.8. The van der Waals surface area contributed by atoms with Gasteiger partial charge in [0.1, 0.15) is 24.3 Å². The number of fused-ring (bicyclic) bond motifs is 1. The van der Waals surface area contributed by atoms with Crippen molar-refractivity contribution in [3.8, 4) is 11.6 Å². The number of carbonyl (C=O) groups excluding carboxylic acids is 1. The van der Waals surface area contributed by atoms with Gasteiger partial charge in [-0.05, 0) is 6.92 Å². The Labute approximate surface area is 155 Å². The summed E-state index contributed by atoms with van der Waals surface area (Å²) in [7, 11) is 3.09. The minimum absolute atomic E-state index is 0.0517. The molecule has 9 heteroatoms. The standard InChI is InChI=1S/C18H20FN5O3/c1-11-14(22-10-23-18(11)27-3)9-24-8-13(17(25)20-5-4-19)16-15(24)6-12(26-2)7-21-16/h6-8,10H,4-5,9H2,1-3H3,(H,20,25). The van der Waals surface area contributed by atoms with Crippen molar-refractivity contribution in [1.82, 2.24) is 24.8 Å². The van der Waals surface area contributed by atoms with E-state index >= 15 is 0 Å². The maximum atomic E-state index is 12.4. The van der Waals surface area contributed by atoms with E-state index in [0.717, 1.165) is 11.3 Å². The fourth-order valence-corrected chi connectivity index (χ4v) is 2.81. The first-order valence-corrected chi connectivity index (χ1v) is 8.30. The minimum atomic E-state index is -0.633. The Bertz CT molecular complexity index is 973. The number of hydrogen-bond donors (Lipinski definition) is 1. The van der Waals surface area contributed by atoms with Crippen molar-refractivity contribution >= 4 is 16.9 Å². The smallest absolute Gasteiger partial charge is 0.255 e. The molecule has 0 bridgehead atoms. The van der Waals surface area contributed by atoms with Crippen molar-refractivity contribution in [2.24, 2.45) is 0 Å². The first-order valence-electron chi connectivity index (χ1n) is 8.30. The van der Waals surface area contributed by atoms with E-state index in [2.05, 4.69) is 20.3 Å². The topological polar surface area (TPSA) is 91.2 Å². The lowest BCUT2D eigenvalue weighted by Gasteiger charge is -2.10. The number of nitrogens with one attached hydrogen (secondary N) is 1. The van der Waals surface area contributed by atoms with E-state index in [1.807, 2.05) is 11.5 Å². The average Bonchev–Trinajstić information content (AvgIpc) is 3.05. The fourth-order valence-electron chi connectivity index (χ4n) is 2.81. The van der Waals surface area contributed by atoms with Gasteiger partial charge in [0, 0.05) is 24.4 Å². The molecule has 0 fully saturated rings. The van der Waals surface area contributed by atoms with Gasteiger partial charge >= 0.3 is 0 Å². The Morgan fingerprint density at radius 1 is 1.26 bits per heavy atom. The second-order valence-corrected chi connectivity index (χ2v) is 5.81. The number of rotatable bonds is 7. The van der Waals surface area contributed by atoms with Crippen LogP contribution in [0.3, 0.4) is 0 Å². The molecule has 0 aliphatic rings. The van der Waals surface area contributed by atoms with E-state index in [0.29, 0.717) is 34.8 Å². The quantitative estimate of drug-likeness (QED) is 0.680. The number of aromatic nitrogens is 4. The summed E-state index contributed by atoms with van der Waals surface area (Å²) in [5.41, 5.74) is 3.13. The normalized spacial score (nSPS) is 10.8. The van der Waals surface area contributed by atoms with E-state index in [1.54, 1.807) is 26.5 Å². The van der Waals surface area contributed by atoms with Gasteiger partial charge in [-0.15, -0.1) is 0 Å². The molecule has 3 rings (SSSR count). The molecule has 3 aromatic heterocycles. The summed E-state index contributed by atoms with van der Waals surface area (Å²) in [6.45, 7) is 1.56. The molecule has 0 saturated carbocycles. The summed E-state index contributed by atoms with van der Waals surface area (Å²) in [5, 5.41) is 2.53. The molecule has 0 aliphatic heterocycles. The van der Waals surface area contributed by atoms with E-state index in [-0.39, 0.29) is 12.5 Å². The Morgan fingerprint density at radius 3 is 2.78 bits per heavy atom. The van der Waals surface area contributed by atoms with E-state index in [4.69, 9.17) is 9.47 Å². The van der Waals surface area contributed by atoms with Gasteiger partial charge in [0.2, 0.25) is 5.88 Å². The third-order valence-corrected chi connectivity index (χ3v) is 4.21. The van der Waals surface area contributed by atoms with E-state index in [1.165, 1.54) is 12.5 Å². The zero-order valence-electron chi connectivity index (χ0n) is 15.3. The van der Waals surface area contributed by atoms with Crippen LogP contribution in [0, 0.1) is 6.92 Å². The molecular weight excluding hydrogens is 353 g/mol. The van der Waals surface area contributed by atoms with E-state index < -0.39 is 6.67 Å². The molecule has 0 aromatic carbocycles. The average molecular weight is 373 g/mol. The maximum Gasteiger partial charge on any atom is 0.255 e. The summed E-state index contributed by atoms with van der Waals surface area (Å²) >= 11 is 0. The van der Waals surface area contributed by atoms with Crippen molar-refractivity contribution in [3.63, 3.8) is 0 Å². The van der Waals surface area contributed by atoms with Crippen LogP contribution in [-0.2, 0) is 6.54 Å². The molecule has 142 valence electrons. The minimum Gasteiger partial charge on any atom is -0.495 e. The van der Waals surface area contributed by atoms with Crippen LogP contribution in [0.1, 0.15) is 21.6 Å². The zero-order chi connectivity index (χ0) is 19.4. The van der Waals surface area contributed by atoms with Crippen molar-refractivity contribution < 1.29 is 18.7 Å². The predicted molar refractivity (Wildman–Crippen MR) is 97.0 cm³/mol. The van der Waals surface area contributed by atoms with Crippen molar-refractivity contribution in [2.75, 3.05) is 27.4 Å². The fraction of sp³-hybridized carbons (Fsp3) is 0.333. The lowest BCUT2D eigenvalue weighted by Crippen LogP contribution is -2.25. The van der Waals surface area contributed by atoms with Crippen LogP contribution in [0.25, 0.3) is 11.0 Å². The second-order valence-electron chi connectivity index (χ2n) is 5.81. The second kappa shape index (κ2) is 7.98.